The zero-order valence-electron chi connectivity index (χ0n) is 18.5. The predicted octanol–water partition coefficient (Wildman–Crippen LogP) is 3.35. The number of hydrogen-bond acceptors (Lipinski definition) is 0. The van der Waals surface area contributed by atoms with Gasteiger partial charge in [-0.3, -0.25) is 0 Å². The van der Waals surface area contributed by atoms with E-state index in [2.05, 4.69) is 102 Å². The van der Waals surface area contributed by atoms with Gasteiger partial charge < -0.3 is 0 Å². The second-order valence-corrected chi connectivity index (χ2v) is 12.7. The molecule has 0 spiro atoms. The second-order valence-electron chi connectivity index (χ2n) is 8.39. The second kappa shape index (κ2) is 8.54. The van der Waals surface area contributed by atoms with Crippen LogP contribution in [0.5, 0.6) is 0 Å². The molecule has 0 atom stereocenters. The maximum absolute atomic E-state index is 3.71. The van der Waals surface area contributed by atoms with Gasteiger partial charge in [0.2, 0.25) is 6.20 Å². The van der Waals surface area contributed by atoms with E-state index in [1.54, 1.807) is 0 Å². The van der Waals surface area contributed by atoms with Crippen LogP contribution in [0.3, 0.4) is 0 Å². The van der Waals surface area contributed by atoms with E-state index in [0.717, 1.165) is 22.7 Å². The molecule has 3 aromatic carbocycles. The van der Waals surface area contributed by atoms with Gasteiger partial charge >= 0.3 is 33.1 Å². The molecule has 0 amide bonds. The third kappa shape index (κ3) is 3.85. The van der Waals surface area contributed by atoms with Gasteiger partial charge in [-0.15, -0.1) is 12.1 Å². The minimum Gasteiger partial charge on any atom is -0.170 e. The van der Waals surface area contributed by atoms with E-state index < -0.39 is 8.07 Å². The quantitative estimate of drug-likeness (QED) is 0.243. The Kier molecular flexibility index (Phi) is 5.94. The largest absolute Gasteiger partial charge is 2.00 e. The topological polar surface area (TPSA) is 12.0 Å². The molecule has 4 nitrogen and oxygen atoms in total. The smallest absolute Gasteiger partial charge is 0.170 e. The van der Waals surface area contributed by atoms with E-state index in [-0.39, 0.29) is 21.1 Å². The first-order chi connectivity index (χ1) is 14.9. The molecule has 0 aliphatic carbocycles. The Balaban J connectivity index is 0.00000245. The molecule has 2 aliphatic rings. The summed E-state index contributed by atoms with van der Waals surface area (Å²) < 4.78 is 8.02. The van der Waals surface area contributed by atoms with E-state index >= 15 is 0 Å². The number of hydrogen-bond donors (Lipinski definition) is 0. The minimum absolute atomic E-state index is 0. The van der Waals surface area contributed by atoms with Crippen LogP contribution >= 0.6 is 0 Å². The number of para-hydroxylation sites is 2. The third-order valence-corrected chi connectivity index (χ3v) is 9.12. The molecule has 2 heterocycles. The zero-order valence-corrected chi connectivity index (χ0v) is 21.8. The van der Waals surface area contributed by atoms with Crippen molar-refractivity contribution in [3.8, 4) is 0 Å². The molecule has 2 aliphatic heterocycles. The molecule has 0 aromatic heterocycles. The van der Waals surface area contributed by atoms with Crippen molar-refractivity contribution in [2.24, 2.45) is 0 Å². The Labute approximate surface area is 204 Å². The number of benzene rings is 3. The molecule has 0 saturated heterocycles. The van der Waals surface area contributed by atoms with Crippen LogP contribution in [0.2, 0.25) is 13.1 Å². The van der Waals surface area contributed by atoms with Crippen molar-refractivity contribution in [3.63, 3.8) is 0 Å². The summed E-state index contributed by atoms with van der Waals surface area (Å²) in [5.41, 5.74) is 4.29. The minimum atomic E-state index is -2.02. The summed E-state index contributed by atoms with van der Waals surface area (Å²) in [6, 6.07) is 35.2. The summed E-state index contributed by atoms with van der Waals surface area (Å²) in [5, 5.41) is 2.49. The first kappa shape index (κ1) is 22.3. The molecule has 0 unspecified atom stereocenters. The van der Waals surface area contributed by atoms with Crippen molar-refractivity contribution in [1.29, 1.82) is 0 Å². The van der Waals surface area contributed by atoms with Crippen LogP contribution in [0.1, 0.15) is 0 Å². The van der Waals surface area contributed by atoms with Gasteiger partial charge in [-0.25, -0.2) is 0 Å². The summed E-state index contributed by atoms with van der Waals surface area (Å²) >= 11 is 0. The Bertz CT molecular complexity index is 1400. The summed E-state index contributed by atoms with van der Waals surface area (Å²) in [7, 11) is 1.98. The normalized spacial score (nSPS) is 14.2. The molecule has 3 aromatic rings. The van der Waals surface area contributed by atoms with Crippen LogP contribution in [0, 0.1) is 12.1 Å². The van der Waals surface area contributed by atoms with Gasteiger partial charge in [0, 0.05) is 12.1 Å². The van der Waals surface area contributed by atoms with Gasteiger partial charge in [-0.2, -0.15) is 34.6 Å². The van der Waals surface area contributed by atoms with Crippen LogP contribution in [-0.2, 0) is 21.1 Å². The van der Waals surface area contributed by atoms with Gasteiger partial charge in [0.25, 0.3) is 17.6 Å². The van der Waals surface area contributed by atoms with Crippen LogP contribution in [0.4, 0.5) is 22.7 Å². The van der Waals surface area contributed by atoms with Crippen molar-refractivity contribution in [2.45, 2.75) is 13.1 Å². The van der Waals surface area contributed by atoms with Crippen molar-refractivity contribution >= 4 is 53.2 Å². The SMILES string of the molecule is C[N+]1=C=[N+](c2[c-]c([Si](C)(C)c3[c-]c([N+]4=C=[N+](C)c5ccccc54)ccc3)ccc2)C=C1.[Pt+2]. The number of nitrogens with zero attached hydrogens (tertiary/aromatic N) is 4. The van der Waals surface area contributed by atoms with Gasteiger partial charge in [0.15, 0.2) is 14.1 Å². The maximum atomic E-state index is 3.71. The summed E-state index contributed by atoms with van der Waals surface area (Å²) in [4.78, 5) is 0. The molecule has 6 heteroatoms. The number of rotatable bonds is 4. The Morgan fingerprint density at radius 1 is 0.719 bits per heavy atom. The van der Waals surface area contributed by atoms with Gasteiger partial charge in [0.1, 0.15) is 11.4 Å². The fourth-order valence-electron chi connectivity index (χ4n) is 3.97. The zero-order chi connectivity index (χ0) is 21.6. The Morgan fingerprint density at radius 2 is 1.34 bits per heavy atom. The first-order valence-electron chi connectivity index (χ1n) is 10.3. The molecule has 0 saturated carbocycles. The van der Waals surface area contributed by atoms with E-state index in [4.69, 9.17) is 0 Å². The molecule has 0 bridgehead atoms. The molecule has 0 fully saturated rings. The van der Waals surface area contributed by atoms with E-state index in [1.165, 1.54) is 10.4 Å². The molecule has 0 N–H and O–H groups in total. The van der Waals surface area contributed by atoms with Crippen molar-refractivity contribution in [2.75, 3.05) is 14.1 Å². The van der Waals surface area contributed by atoms with Crippen molar-refractivity contribution in [1.82, 2.24) is 4.58 Å². The van der Waals surface area contributed by atoms with E-state index in [9.17, 15) is 0 Å². The third-order valence-electron chi connectivity index (χ3n) is 5.85. The van der Waals surface area contributed by atoms with Gasteiger partial charge in [0.05, 0.1) is 8.07 Å². The average molecular weight is 616 g/mol. The van der Waals surface area contributed by atoms with Crippen LogP contribution in [0.15, 0.2) is 73.1 Å². The van der Waals surface area contributed by atoms with Crippen LogP contribution in [0.25, 0.3) is 0 Å². The molecule has 32 heavy (non-hydrogen) atoms. The Hall–Kier alpha value is -2.93. The summed E-state index contributed by atoms with van der Waals surface area (Å²) in [6.07, 6.45) is 3.99. The van der Waals surface area contributed by atoms with Crippen molar-refractivity contribution in [3.05, 3.63) is 85.2 Å². The predicted molar refractivity (Wildman–Crippen MR) is 126 cm³/mol. The van der Waals surface area contributed by atoms with Gasteiger partial charge in [-0.1, -0.05) is 55.7 Å². The Morgan fingerprint density at radius 3 is 2.00 bits per heavy atom. The van der Waals surface area contributed by atoms with Crippen LogP contribution in [-0.4, -0.2) is 47.9 Å². The fraction of sp³-hybridized carbons (Fsp3) is 0.154. The van der Waals surface area contributed by atoms with Gasteiger partial charge in [-0.05, 0) is 0 Å². The van der Waals surface area contributed by atoms with Crippen molar-refractivity contribution < 1.29 is 34.8 Å². The maximum Gasteiger partial charge on any atom is 2.00 e. The molecule has 158 valence electrons. The molecule has 0 radical (unpaired) electrons. The monoisotopic (exact) mass is 615 g/mol. The van der Waals surface area contributed by atoms with E-state index in [1.807, 2.05) is 40.2 Å². The molecular formula is C26H24N4PtSi+4. The molecular weight excluding hydrogens is 591 g/mol. The summed E-state index contributed by atoms with van der Waals surface area (Å²) in [6.45, 7) is 4.71. The van der Waals surface area contributed by atoms with Crippen LogP contribution < -0.4 is 14.9 Å². The molecule has 5 rings (SSSR count). The fourth-order valence-corrected chi connectivity index (χ4v) is 6.17. The van der Waals surface area contributed by atoms with E-state index in [0.29, 0.717) is 0 Å². The standard InChI is InChI=1S/C26H24N4Si.Pt/c1-27-15-16-29(19-27)21-9-7-11-23(17-21)31(3,4)24-12-8-10-22(18-24)30-20-28(2)25-13-5-6-14-26(25)30;/h5-16H,1-4H3;/q2*+2. The average Bonchev–Trinajstić information content (AvgIpc) is 3.38. The first-order valence-corrected chi connectivity index (χ1v) is 13.3. The number of fused-ring (bicyclic) bond motifs is 1. The summed E-state index contributed by atoms with van der Waals surface area (Å²) in [5.74, 6) is 0.